The van der Waals surface area contributed by atoms with Crippen LogP contribution in [0.3, 0.4) is 0 Å². The summed E-state index contributed by atoms with van der Waals surface area (Å²) < 4.78 is 4.96. The summed E-state index contributed by atoms with van der Waals surface area (Å²) in [6.45, 7) is 0. The van der Waals surface area contributed by atoms with E-state index in [4.69, 9.17) is 4.74 Å². The standard InChI is InChI=1S/C15H13N3O6/c1-24-14-8-11(7-13(9-14)18(22)23)16-15(19)6-10-2-4-12(5-3-10)17(20)21/h2-5,7-9H,6H2,1H3,(H,16,19). The quantitative estimate of drug-likeness (QED) is 0.641. The molecule has 0 radical (unpaired) electrons. The van der Waals surface area contributed by atoms with Crippen LogP contribution in [0.1, 0.15) is 5.56 Å². The fourth-order valence-electron chi connectivity index (χ4n) is 2.00. The third-order valence-electron chi connectivity index (χ3n) is 3.13. The third kappa shape index (κ3) is 4.26. The predicted octanol–water partition coefficient (Wildman–Crippen LogP) is 2.69. The van der Waals surface area contributed by atoms with E-state index >= 15 is 0 Å². The van der Waals surface area contributed by atoms with Gasteiger partial charge in [0.25, 0.3) is 11.4 Å². The maximum atomic E-state index is 12.0. The van der Waals surface area contributed by atoms with Crippen LogP contribution in [0.2, 0.25) is 0 Å². The Kier molecular flexibility index (Phi) is 5.05. The molecule has 2 aromatic carbocycles. The summed E-state index contributed by atoms with van der Waals surface area (Å²) in [5, 5.41) is 24.0. The molecule has 9 nitrogen and oxygen atoms in total. The van der Waals surface area contributed by atoms with Crippen molar-refractivity contribution < 1.29 is 19.4 Å². The van der Waals surface area contributed by atoms with Crippen molar-refractivity contribution in [3.63, 3.8) is 0 Å². The highest BCUT2D eigenvalue weighted by Crippen LogP contribution is 2.26. The van der Waals surface area contributed by atoms with E-state index < -0.39 is 15.8 Å². The molecule has 0 atom stereocenters. The van der Waals surface area contributed by atoms with Gasteiger partial charge in [-0.05, 0) is 5.56 Å². The van der Waals surface area contributed by atoms with Crippen LogP contribution < -0.4 is 10.1 Å². The highest BCUT2D eigenvalue weighted by Gasteiger charge is 2.13. The van der Waals surface area contributed by atoms with Crippen molar-refractivity contribution in [1.29, 1.82) is 0 Å². The number of rotatable bonds is 6. The molecule has 0 aromatic heterocycles. The minimum absolute atomic E-state index is 0.0248. The fraction of sp³-hybridized carbons (Fsp3) is 0.133. The zero-order chi connectivity index (χ0) is 17.7. The Balaban J connectivity index is 2.10. The minimum atomic E-state index is -0.589. The Morgan fingerprint density at radius 2 is 1.67 bits per heavy atom. The first-order chi connectivity index (χ1) is 11.4. The van der Waals surface area contributed by atoms with Gasteiger partial charge in [-0.1, -0.05) is 12.1 Å². The van der Waals surface area contributed by atoms with Crippen LogP contribution in [0.4, 0.5) is 17.1 Å². The topological polar surface area (TPSA) is 125 Å². The SMILES string of the molecule is COc1cc(NC(=O)Cc2ccc([N+](=O)[O-])cc2)cc([N+](=O)[O-])c1. The number of ether oxygens (including phenoxy) is 1. The molecule has 0 aliphatic heterocycles. The number of carbonyl (C=O) groups excluding carboxylic acids is 1. The van der Waals surface area contributed by atoms with Crippen LogP contribution >= 0.6 is 0 Å². The molecular formula is C15H13N3O6. The number of nitro groups is 2. The Bertz CT molecular complexity index is 788. The number of nitro benzene ring substituents is 2. The first kappa shape index (κ1) is 16.9. The van der Waals surface area contributed by atoms with Crippen LogP contribution in [-0.2, 0) is 11.2 Å². The van der Waals surface area contributed by atoms with E-state index in [1.807, 2.05) is 0 Å². The van der Waals surface area contributed by atoms with Crippen molar-refractivity contribution in [1.82, 2.24) is 0 Å². The van der Waals surface area contributed by atoms with Crippen LogP contribution in [-0.4, -0.2) is 22.9 Å². The maximum absolute atomic E-state index is 12.0. The van der Waals surface area contributed by atoms with Gasteiger partial charge in [-0.25, -0.2) is 0 Å². The summed E-state index contributed by atoms with van der Waals surface area (Å²) in [5.74, 6) is -0.166. The van der Waals surface area contributed by atoms with E-state index in [1.165, 1.54) is 49.6 Å². The highest BCUT2D eigenvalue weighted by atomic mass is 16.6. The number of nitrogens with one attached hydrogen (secondary N) is 1. The third-order valence-corrected chi connectivity index (χ3v) is 3.13. The molecule has 9 heteroatoms. The molecule has 2 rings (SSSR count). The molecule has 24 heavy (non-hydrogen) atoms. The lowest BCUT2D eigenvalue weighted by molar-refractivity contribution is -0.385. The Labute approximate surface area is 136 Å². The second-order valence-electron chi connectivity index (χ2n) is 4.83. The van der Waals surface area contributed by atoms with Gasteiger partial charge in [0, 0.05) is 24.3 Å². The number of carbonyl (C=O) groups is 1. The molecule has 124 valence electrons. The van der Waals surface area contributed by atoms with Crippen molar-refractivity contribution >= 4 is 23.0 Å². The van der Waals surface area contributed by atoms with Crippen molar-refractivity contribution in [3.05, 3.63) is 68.3 Å². The fourth-order valence-corrected chi connectivity index (χ4v) is 2.00. The second kappa shape index (κ2) is 7.18. The number of anilines is 1. The highest BCUT2D eigenvalue weighted by molar-refractivity contribution is 5.92. The van der Waals surface area contributed by atoms with Crippen LogP contribution in [0.15, 0.2) is 42.5 Å². The molecule has 0 unspecified atom stereocenters. The van der Waals surface area contributed by atoms with Gasteiger partial charge in [0.2, 0.25) is 5.91 Å². The van der Waals surface area contributed by atoms with Gasteiger partial charge in [-0.3, -0.25) is 25.0 Å². The summed E-state index contributed by atoms with van der Waals surface area (Å²) in [4.78, 5) is 32.4. The molecule has 1 N–H and O–H groups in total. The largest absolute Gasteiger partial charge is 0.496 e. The number of amides is 1. The molecule has 0 heterocycles. The summed E-state index contributed by atoms with van der Waals surface area (Å²) >= 11 is 0. The summed E-state index contributed by atoms with van der Waals surface area (Å²) in [5.41, 5.74) is 0.533. The van der Waals surface area contributed by atoms with Gasteiger partial charge in [0.1, 0.15) is 5.75 Å². The van der Waals surface area contributed by atoms with Gasteiger partial charge >= 0.3 is 0 Å². The number of methoxy groups -OCH3 is 1. The molecule has 0 saturated heterocycles. The molecule has 1 amide bonds. The normalized spacial score (nSPS) is 10.0. The van der Waals surface area contributed by atoms with Gasteiger partial charge < -0.3 is 10.1 Å². The molecule has 0 bridgehead atoms. The van der Waals surface area contributed by atoms with Crippen molar-refractivity contribution in [3.8, 4) is 5.75 Å². The molecule has 0 saturated carbocycles. The first-order valence-electron chi connectivity index (χ1n) is 6.75. The van der Waals surface area contributed by atoms with Crippen LogP contribution in [0, 0.1) is 20.2 Å². The molecule has 0 aliphatic rings. The second-order valence-corrected chi connectivity index (χ2v) is 4.83. The Hall–Kier alpha value is -3.49. The molecule has 0 aliphatic carbocycles. The maximum Gasteiger partial charge on any atom is 0.275 e. The number of non-ortho nitro benzene ring substituents is 2. The molecule has 2 aromatic rings. The summed E-state index contributed by atoms with van der Waals surface area (Å²) in [6, 6.07) is 9.48. The number of hydrogen-bond donors (Lipinski definition) is 1. The van der Waals surface area contributed by atoms with E-state index in [0.717, 1.165) is 0 Å². The van der Waals surface area contributed by atoms with Crippen molar-refractivity contribution in [2.45, 2.75) is 6.42 Å². The van der Waals surface area contributed by atoms with Gasteiger partial charge in [0.15, 0.2) is 0 Å². The monoisotopic (exact) mass is 331 g/mol. The lowest BCUT2D eigenvalue weighted by Gasteiger charge is -2.07. The van der Waals surface area contributed by atoms with E-state index in [1.54, 1.807) is 0 Å². The predicted molar refractivity (Wildman–Crippen MR) is 85.1 cm³/mol. The van der Waals surface area contributed by atoms with E-state index in [9.17, 15) is 25.0 Å². The first-order valence-corrected chi connectivity index (χ1v) is 6.75. The number of nitrogens with zero attached hydrogens (tertiary/aromatic N) is 2. The summed E-state index contributed by atoms with van der Waals surface area (Å²) in [7, 11) is 1.36. The lowest BCUT2D eigenvalue weighted by Crippen LogP contribution is -2.14. The minimum Gasteiger partial charge on any atom is -0.496 e. The summed E-state index contributed by atoms with van der Waals surface area (Å²) in [6.07, 6.45) is -0.0248. The Morgan fingerprint density at radius 1 is 1.04 bits per heavy atom. The zero-order valence-corrected chi connectivity index (χ0v) is 12.6. The Morgan fingerprint density at radius 3 is 2.21 bits per heavy atom. The van der Waals surface area contributed by atoms with Gasteiger partial charge in [-0.2, -0.15) is 0 Å². The van der Waals surface area contributed by atoms with Crippen LogP contribution in [0.5, 0.6) is 5.75 Å². The van der Waals surface area contributed by atoms with E-state index in [-0.39, 0.29) is 29.2 Å². The zero-order valence-electron chi connectivity index (χ0n) is 12.6. The van der Waals surface area contributed by atoms with Crippen molar-refractivity contribution in [2.24, 2.45) is 0 Å². The lowest BCUT2D eigenvalue weighted by atomic mass is 10.1. The number of benzene rings is 2. The number of hydrogen-bond acceptors (Lipinski definition) is 6. The molecule has 0 fully saturated rings. The molecule has 0 spiro atoms. The average Bonchev–Trinajstić information content (AvgIpc) is 2.54. The van der Waals surface area contributed by atoms with Crippen LogP contribution in [0.25, 0.3) is 0 Å². The van der Waals surface area contributed by atoms with Crippen molar-refractivity contribution in [2.75, 3.05) is 12.4 Å². The molecular weight excluding hydrogens is 318 g/mol. The average molecular weight is 331 g/mol. The van der Waals surface area contributed by atoms with E-state index in [2.05, 4.69) is 5.32 Å². The van der Waals surface area contributed by atoms with Gasteiger partial charge in [-0.15, -0.1) is 0 Å². The van der Waals surface area contributed by atoms with E-state index in [0.29, 0.717) is 5.56 Å². The smallest absolute Gasteiger partial charge is 0.275 e. The van der Waals surface area contributed by atoms with Gasteiger partial charge in [0.05, 0.1) is 35.1 Å².